The molecule has 0 bridgehead atoms. The van der Waals surface area contributed by atoms with Crippen molar-refractivity contribution in [2.45, 2.75) is 18.9 Å². The summed E-state index contributed by atoms with van der Waals surface area (Å²) < 4.78 is 0. The van der Waals surface area contributed by atoms with Gasteiger partial charge in [0.1, 0.15) is 0 Å². The van der Waals surface area contributed by atoms with Crippen molar-refractivity contribution in [3.8, 4) is 22.3 Å². The van der Waals surface area contributed by atoms with Crippen LogP contribution in [0.1, 0.15) is 23.1 Å². The fraction of sp³-hybridized carbons (Fsp3) is 0.0476. The molecule has 0 saturated heterocycles. The van der Waals surface area contributed by atoms with Crippen LogP contribution in [0.5, 0.6) is 0 Å². The van der Waals surface area contributed by atoms with E-state index in [9.17, 15) is 0 Å². The molecule has 1 atom stereocenters. The monoisotopic (exact) mass is 836 g/mol. The summed E-state index contributed by atoms with van der Waals surface area (Å²) in [6.45, 7) is 4.11. The predicted octanol–water partition coefficient (Wildman–Crippen LogP) is 16.6. The smallest absolute Gasteiger partial charge is 0.0712 e. The van der Waals surface area contributed by atoms with Crippen LogP contribution in [-0.4, -0.2) is 6.04 Å². The molecule has 0 amide bonds. The van der Waals surface area contributed by atoms with Crippen molar-refractivity contribution >= 4 is 33.9 Å². The molecule has 65 heavy (non-hydrogen) atoms. The minimum atomic E-state index is -0.0250. The molecular weight excluding hydrogens is 785 g/mol. The summed E-state index contributed by atoms with van der Waals surface area (Å²) in [6, 6.07) is 67.3. The van der Waals surface area contributed by atoms with Gasteiger partial charge in [0.15, 0.2) is 0 Å². The second-order valence-electron chi connectivity index (χ2n) is 16.1. The average Bonchev–Trinajstić information content (AvgIpc) is 3.81. The molecule has 2 aliphatic carbocycles. The summed E-state index contributed by atoms with van der Waals surface area (Å²) in [5.41, 5.74) is 16.3. The van der Waals surface area contributed by atoms with Crippen molar-refractivity contribution in [3.05, 3.63) is 302 Å². The highest BCUT2D eigenvalue weighted by molar-refractivity contribution is 5.81. The Morgan fingerprint density at radius 3 is 1.60 bits per heavy atom. The van der Waals surface area contributed by atoms with E-state index in [1.807, 2.05) is 6.08 Å². The van der Waals surface area contributed by atoms with Crippen LogP contribution in [0, 0.1) is 0 Å². The van der Waals surface area contributed by atoms with Crippen LogP contribution < -0.4 is 9.80 Å². The molecule has 7 aromatic carbocycles. The van der Waals surface area contributed by atoms with Gasteiger partial charge in [-0.1, -0.05) is 219 Å². The molecule has 2 aliphatic rings. The van der Waals surface area contributed by atoms with E-state index in [2.05, 4.69) is 283 Å². The van der Waals surface area contributed by atoms with Crippen molar-refractivity contribution in [2.24, 2.45) is 0 Å². The van der Waals surface area contributed by atoms with Gasteiger partial charge in [0, 0.05) is 28.4 Å². The molecule has 1 unspecified atom stereocenters. The van der Waals surface area contributed by atoms with Gasteiger partial charge in [-0.2, -0.15) is 0 Å². The Hall–Kier alpha value is -8.20. The average molecular weight is 837 g/mol. The lowest BCUT2D eigenvalue weighted by atomic mass is 10.0. The normalized spacial score (nSPS) is 14.6. The first-order chi connectivity index (χ1) is 32.2. The summed E-state index contributed by atoms with van der Waals surface area (Å²) in [5.74, 6) is 0. The molecule has 2 nitrogen and oxygen atoms in total. The summed E-state index contributed by atoms with van der Waals surface area (Å²) in [5, 5.41) is 0. The number of rotatable bonds is 14. The van der Waals surface area contributed by atoms with Crippen LogP contribution in [0.3, 0.4) is 0 Å². The maximum atomic E-state index is 4.11. The number of benzene rings is 7. The predicted molar refractivity (Wildman–Crippen MR) is 279 cm³/mol. The van der Waals surface area contributed by atoms with Gasteiger partial charge in [-0.05, 0) is 124 Å². The second-order valence-corrected chi connectivity index (χ2v) is 16.1. The third-order valence-electron chi connectivity index (χ3n) is 11.8. The van der Waals surface area contributed by atoms with E-state index in [0.29, 0.717) is 0 Å². The van der Waals surface area contributed by atoms with E-state index in [1.165, 1.54) is 39.0 Å². The second kappa shape index (κ2) is 20.8. The Labute approximate surface area is 385 Å². The van der Waals surface area contributed by atoms with Gasteiger partial charge < -0.3 is 9.80 Å². The highest BCUT2D eigenvalue weighted by Gasteiger charge is 2.19. The van der Waals surface area contributed by atoms with Crippen molar-refractivity contribution in [1.29, 1.82) is 0 Å². The first kappa shape index (κ1) is 42.1. The van der Waals surface area contributed by atoms with Gasteiger partial charge in [0.05, 0.1) is 6.04 Å². The Kier molecular flexibility index (Phi) is 13.5. The minimum absolute atomic E-state index is 0.0250. The van der Waals surface area contributed by atoms with Crippen LogP contribution >= 0.6 is 0 Å². The zero-order valence-corrected chi connectivity index (χ0v) is 36.6. The third-order valence-corrected chi connectivity index (χ3v) is 11.8. The summed E-state index contributed by atoms with van der Waals surface area (Å²) >= 11 is 0. The van der Waals surface area contributed by atoms with Gasteiger partial charge in [0.2, 0.25) is 0 Å². The maximum Gasteiger partial charge on any atom is 0.0712 e. The zero-order chi connectivity index (χ0) is 44.0. The van der Waals surface area contributed by atoms with Crippen molar-refractivity contribution in [1.82, 2.24) is 0 Å². The van der Waals surface area contributed by atoms with E-state index in [0.717, 1.165) is 52.4 Å². The largest absolute Gasteiger partial charge is 0.331 e. The van der Waals surface area contributed by atoms with E-state index in [4.69, 9.17) is 0 Å². The molecule has 0 fully saturated rings. The molecule has 0 saturated carbocycles. The molecule has 0 radical (unpaired) electrons. The molecule has 0 N–H and O–H groups in total. The Morgan fingerprint density at radius 1 is 0.492 bits per heavy atom. The maximum absolute atomic E-state index is 4.11. The van der Waals surface area contributed by atoms with Gasteiger partial charge >= 0.3 is 0 Å². The van der Waals surface area contributed by atoms with Crippen LogP contribution in [0.4, 0.5) is 22.7 Å². The molecule has 0 aliphatic heterocycles. The number of anilines is 4. The Morgan fingerprint density at radius 2 is 1.02 bits per heavy atom. The summed E-state index contributed by atoms with van der Waals surface area (Å²) in [7, 11) is 0. The molecule has 7 aromatic rings. The Balaban J connectivity index is 1.01. The number of hydrogen-bond donors (Lipinski definition) is 0. The SMILES string of the molecule is C=C/C=C(\C=C/Cc1ccccc1)N(c1ccc(C2=CC=CC(N(c3ccc(C4=CC=CC=CC4)cc3)c3ccc(-c4ccccc4)cc3)C=C2)cc1)c1ccc(-c2ccccc2)cc1. The van der Waals surface area contributed by atoms with Crippen LogP contribution in [0.15, 0.2) is 285 Å². The summed E-state index contributed by atoms with van der Waals surface area (Å²) in [4.78, 5) is 4.73. The van der Waals surface area contributed by atoms with E-state index in [-0.39, 0.29) is 6.04 Å². The molecule has 9 rings (SSSR count). The number of hydrogen-bond acceptors (Lipinski definition) is 2. The lowest BCUT2D eigenvalue weighted by Crippen LogP contribution is -2.27. The van der Waals surface area contributed by atoms with E-state index >= 15 is 0 Å². The minimum Gasteiger partial charge on any atom is -0.331 e. The molecule has 2 heteroatoms. The zero-order valence-electron chi connectivity index (χ0n) is 36.6. The van der Waals surface area contributed by atoms with Gasteiger partial charge in [-0.15, -0.1) is 0 Å². The van der Waals surface area contributed by atoms with Crippen molar-refractivity contribution in [2.75, 3.05) is 9.80 Å². The van der Waals surface area contributed by atoms with Crippen molar-refractivity contribution in [3.63, 3.8) is 0 Å². The van der Waals surface area contributed by atoms with Crippen molar-refractivity contribution < 1.29 is 0 Å². The summed E-state index contributed by atoms with van der Waals surface area (Å²) in [6.07, 6.45) is 32.2. The third kappa shape index (κ3) is 10.4. The first-order valence-corrected chi connectivity index (χ1v) is 22.4. The van der Waals surface area contributed by atoms with Crippen LogP contribution in [0.2, 0.25) is 0 Å². The van der Waals surface area contributed by atoms with E-state index < -0.39 is 0 Å². The van der Waals surface area contributed by atoms with Crippen LogP contribution in [0.25, 0.3) is 33.4 Å². The lowest BCUT2D eigenvalue weighted by molar-refractivity contribution is 0.944. The highest BCUT2D eigenvalue weighted by atomic mass is 15.2. The number of nitrogens with zero attached hydrogens (tertiary/aromatic N) is 2. The van der Waals surface area contributed by atoms with Gasteiger partial charge in [-0.3, -0.25) is 0 Å². The van der Waals surface area contributed by atoms with E-state index in [1.54, 1.807) is 0 Å². The standard InChI is InChI=1S/C63H52N2/c1-2-18-58(29-16-21-49-19-8-5-9-20-49)64(60-41-32-55(33-42-60)51-24-12-6-13-25-51)61-47-38-57(39-48-61)53-28-17-30-59(40-31-53)65(63-45-36-56(37-46-63)52-26-14-7-15-27-52)62-43-34-54(35-44-62)50-22-10-3-4-11-23-50/h2-20,22,24-48,59H,1,21,23H2/b29-16-,58-18+. The molecule has 0 spiro atoms. The fourth-order valence-corrected chi connectivity index (χ4v) is 8.46. The van der Waals surface area contributed by atoms with Crippen LogP contribution in [-0.2, 0) is 6.42 Å². The quantitative estimate of drug-likeness (QED) is 0.101. The fourth-order valence-electron chi connectivity index (χ4n) is 8.46. The van der Waals surface area contributed by atoms with Gasteiger partial charge in [0.25, 0.3) is 0 Å². The Bertz CT molecular complexity index is 2920. The molecular formula is C63H52N2. The molecule has 0 heterocycles. The highest BCUT2D eigenvalue weighted by Crippen LogP contribution is 2.36. The molecule has 0 aromatic heterocycles. The lowest BCUT2D eigenvalue weighted by Gasteiger charge is -2.30. The van der Waals surface area contributed by atoms with Gasteiger partial charge in [-0.25, -0.2) is 0 Å². The molecule has 314 valence electrons. The number of allylic oxidation sites excluding steroid dienone is 14. The first-order valence-electron chi connectivity index (χ1n) is 22.4. The topological polar surface area (TPSA) is 6.48 Å².